The maximum Gasteiger partial charge on any atom is 0.270 e. The first-order valence-electron chi connectivity index (χ1n) is 6.71. The lowest BCUT2D eigenvalue weighted by Crippen LogP contribution is -2.38. The summed E-state index contributed by atoms with van der Waals surface area (Å²) in [5.74, 6) is 0.863. The SMILES string of the molecule is CC1CCN(C(=O)c2cc3cc(Br)ccc3[nH]2)CC1. The van der Waals surface area contributed by atoms with E-state index in [1.165, 1.54) is 0 Å². The molecule has 1 aliphatic heterocycles. The third-order valence-corrected chi connectivity index (χ3v) is 4.38. The maximum absolute atomic E-state index is 12.4. The third-order valence-electron chi connectivity index (χ3n) is 3.88. The zero-order valence-electron chi connectivity index (χ0n) is 10.9. The lowest BCUT2D eigenvalue weighted by atomic mass is 9.99. The van der Waals surface area contributed by atoms with Crippen LogP contribution in [0.5, 0.6) is 0 Å². The first-order chi connectivity index (χ1) is 9.13. The van der Waals surface area contributed by atoms with Gasteiger partial charge in [0.25, 0.3) is 5.91 Å². The summed E-state index contributed by atoms with van der Waals surface area (Å²) >= 11 is 3.45. The summed E-state index contributed by atoms with van der Waals surface area (Å²) in [6.07, 6.45) is 2.22. The third kappa shape index (κ3) is 2.54. The van der Waals surface area contributed by atoms with Crippen LogP contribution < -0.4 is 0 Å². The molecule has 1 saturated heterocycles. The molecule has 2 aromatic rings. The Balaban J connectivity index is 1.85. The molecule has 4 heteroatoms. The number of rotatable bonds is 1. The maximum atomic E-state index is 12.4. The number of H-pyrrole nitrogens is 1. The quantitative estimate of drug-likeness (QED) is 0.852. The van der Waals surface area contributed by atoms with E-state index in [0.717, 1.165) is 47.2 Å². The van der Waals surface area contributed by atoms with Crippen molar-refractivity contribution in [2.75, 3.05) is 13.1 Å². The van der Waals surface area contributed by atoms with Gasteiger partial charge in [0.05, 0.1) is 0 Å². The minimum atomic E-state index is 0.124. The minimum absolute atomic E-state index is 0.124. The fraction of sp³-hybridized carbons (Fsp3) is 0.400. The van der Waals surface area contributed by atoms with Crippen molar-refractivity contribution in [2.24, 2.45) is 5.92 Å². The van der Waals surface area contributed by atoms with E-state index in [4.69, 9.17) is 0 Å². The molecule has 100 valence electrons. The molecule has 0 atom stereocenters. The smallest absolute Gasteiger partial charge is 0.270 e. The van der Waals surface area contributed by atoms with Gasteiger partial charge in [-0.15, -0.1) is 0 Å². The van der Waals surface area contributed by atoms with Crippen molar-refractivity contribution in [3.8, 4) is 0 Å². The van der Waals surface area contributed by atoms with Crippen LogP contribution in [0.4, 0.5) is 0 Å². The first-order valence-corrected chi connectivity index (χ1v) is 7.50. The Hall–Kier alpha value is -1.29. The summed E-state index contributed by atoms with van der Waals surface area (Å²) in [5.41, 5.74) is 1.71. The van der Waals surface area contributed by atoms with E-state index in [2.05, 4.69) is 27.8 Å². The molecule has 1 fully saturated rings. The molecule has 1 amide bonds. The van der Waals surface area contributed by atoms with Crippen molar-refractivity contribution in [1.82, 2.24) is 9.88 Å². The van der Waals surface area contributed by atoms with E-state index in [1.807, 2.05) is 29.2 Å². The van der Waals surface area contributed by atoms with Gasteiger partial charge >= 0.3 is 0 Å². The highest BCUT2D eigenvalue weighted by molar-refractivity contribution is 9.10. The number of aromatic amines is 1. The van der Waals surface area contributed by atoms with Gasteiger partial charge in [-0.25, -0.2) is 0 Å². The lowest BCUT2D eigenvalue weighted by Gasteiger charge is -2.29. The summed E-state index contributed by atoms with van der Waals surface area (Å²) in [4.78, 5) is 17.6. The summed E-state index contributed by atoms with van der Waals surface area (Å²) in [6, 6.07) is 7.95. The zero-order valence-corrected chi connectivity index (χ0v) is 12.5. The fourth-order valence-corrected chi connectivity index (χ4v) is 2.98. The van der Waals surface area contributed by atoms with Gasteiger partial charge in [0.1, 0.15) is 5.69 Å². The van der Waals surface area contributed by atoms with E-state index in [-0.39, 0.29) is 5.91 Å². The van der Waals surface area contributed by atoms with Crippen LogP contribution in [-0.2, 0) is 0 Å². The van der Waals surface area contributed by atoms with E-state index < -0.39 is 0 Å². The Bertz CT molecular complexity index is 612. The molecule has 1 N–H and O–H groups in total. The number of carbonyl (C=O) groups is 1. The molecule has 1 aromatic carbocycles. The number of hydrogen-bond donors (Lipinski definition) is 1. The molecule has 0 unspecified atom stereocenters. The lowest BCUT2D eigenvalue weighted by molar-refractivity contribution is 0.0692. The summed E-state index contributed by atoms with van der Waals surface area (Å²) in [7, 11) is 0. The number of nitrogens with zero attached hydrogens (tertiary/aromatic N) is 1. The van der Waals surface area contributed by atoms with Crippen LogP contribution in [0.15, 0.2) is 28.7 Å². The number of likely N-dealkylation sites (tertiary alicyclic amines) is 1. The highest BCUT2D eigenvalue weighted by atomic mass is 79.9. The molecule has 3 rings (SSSR count). The number of aromatic nitrogens is 1. The van der Waals surface area contributed by atoms with Gasteiger partial charge in [0.2, 0.25) is 0 Å². The average Bonchev–Trinajstić information content (AvgIpc) is 2.81. The number of amides is 1. The van der Waals surface area contributed by atoms with Gasteiger partial charge in [-0.05, 0) is 43.0 Å². The Morgan fingerprint density at radius 3 is 2.79 bits per heavy atom. The van der Waals surface area contributed by atoms with E-state index in [0.29, 0.717) is 5.69 Å². The van der Waals surface area contributed by atoms with E-state index in [9.17, 15) is 4.79 Å². The first kappa shape index (κ1) is 12.7. The fourth-order valence-electron chi connectivity index (χ4n) is 2.60. The number of piperidine rings is 1. The van der Waals surface area contributed by atoms with Crippen molar-refractivity contribution in [3.05, 3.63) is 34.4 Å². The number of benzene rings is 1. The second kappa shape index (κ2) is 5.00. The molecule has 0 bridgehead atoms. The van der Waals surface area contributed by atoms with Crippen LogP contribution in [0, 0.1) is 5.92 Å². The normalized spacial score (nSPS) is 17.1. The average molecular weight is 321 g/mol. The van der Waals surface area contributed by atoms with Gasteiger partial charge in [-0.3, -0.25) is 4.79 Å². The van der Waals surface area contributed by atoms with Gasteiger partial charge in [-0.1, -0.05) is 22.9 Å². The second-order valence-corrected chi connectivity index (χ2v) is 6.30. The Kier molecular flexibility index (Phi) is 3.35. The van der Waals surface area contributed by atoms with Gasteiger partial charge in [0, 0.05) is 28.5 Å². The van der Waals surface area contributed by atoms with Gasteiger partial charge < -0.3 is 9.88 Å². The van der Waals surface area contributed by atoms with Crippen molar-refractivity contribution in [1.29, 1.82) is 0 Å². The minimum Gasteiger partial charge on any atom is -0.351 e. The van der Waals surface area contributed by atoms with Gasteiger partial charge in [0.15, 0.2) is 0 Å². The summed E-state index contributed by atoms with van der Waals surface area (Å²) in [5, 5.41) is 1.07. The number of hydrogen-bond acceptors (Lipinski definition) is 1. The van der Waals surface area contributed by atoms with Crippen molar-refractivity contribution in [3.63, 3.8) is 0 Å². The molecule has 0 spiro atoms. The van der Waals surface area contributed by atoms with Crippen LogP contribution in [0.1, 0.15) is 30.3 Å². The number of carbonyl (C=O) groups excluding carboxylic acids is 1. The molecular formula is C15H17BrN2O. The monoisotopic (exact) mass is 320 g/mol. The number of nitrogens with one attached hydrogen (secondary N) is 1. The van der Waals surface area contributed by atoms with Crippen LogP contribution in [-0.4, -0.2) is 28.9 Å². The number of halogens is 1. The Morgan fingerprint density at radius 1 is 1.32 bits per heavy atom. The van der Waals surface area contributed by atoms with Crippen LogP contribution in [0.25, 0.3) is 10.9 Å². The summed E-state index contributed by atoms with van der Waals surface area (Å²) in [6.45, 7) is 4.00. The molecule has 1 aliphatic rings. The molecule has 0 radical (unpaired) electrons. The summed E-state index contributed by atoms with van der Waals surface area (Å²) < 4.78 is 1.03. The molecular weight excluding hydrogens is 304 g/mol. The van der Waals surface area contributed by atoms with E-state index >= 15 is 0 Å². The van der Waals surface area contributed by atoms with Gasteiger partial charge in [-0.2, -0.15) is 0 Å². The second-order valence-electron chi connectivity index (χ2n) is 5.39. The molecule has 19 heavy (non-hydrogen) atoms. The Morgan fingerprint density at radius 2 is 2.05 bits per heavy atom. The molecule has 1 aromatic heterocycles. The van der Waals surface area contributed by atoms with Crippen molar-refractivity contribution in [2.45, 2.75) is 19.8 Å². The van der Waals surface area contributed by atoms with Crippen molar-refractivity contribution < 1.29 is 4.79 Å². The van der Waals surface area contributed by atoms with E-state index in [1.54, 1.807) is 0 Å². The molecule has 0 saturated carbocycles. The number of fused-ring (bicyclic) bond motifs is 1. The standard InChI is InChI=1S/C15H17BrN2O/c1-10-4-6-18(7-5-10)15(19)14-9-11-8-12(16)2-3-13(11)17-14/h2-3,8-10,17H,4-7H2,1H3. The molecule has 0 aliphatic carbocycles. The highest BCUT2D eigenvalue weighted by Gasteiger charge is 2.22. The largest absolute Gasteiger partial charge is 0.351 e. The van der Waals surface area contributed by atoms with Crippen LogP contribution in [0.3, 0.4) is 0 Å². The predicted molar refractivity (Wildman–Crippen MR) is 80.3 cm³/mol. The van der Waals surface area contributed by atoms with Crippen LogP contribution >= 0.6 is 15.9 Å². The molecule has 2 heterocycles. The van der Waals surface area contributed by atoms with Crippen LogP contribution in [0.2, 0.25) is 0 Å². The topological polar surface area (TPSA) is 36.1 Å². The predicted octanol–water partition coefficient (Wildman–Crippen LogP) is 3.80. The zero-order chi connectivity index (χ0) is 13.4. The van der Waals surface area contributed by atoms with Crippen molar-refractivity contribution >= 4 is 32.7 Å². The molecule has 3 nitrogen and oxygen atoms in total. The highest BCUT2D eigenvalue weighted by Crippen LogP contribution is 2.23. The Labute approximate surface area is 121 Å².